The van der Waals surface area contributed by atoms with Crippen molar-refractivity contribution < 1.29 is 0 Å². The van der Waals surface area contributed by atoms with Crippen LogP contribution in [0.25, 0.3) is 0 Å². The molecule has 2 aromatic rings. The topological polar surface area (TPSA) is 15.3 Å². The van der Waals surface area contributed by atoms with E-state index in [0.29, 0.717) is 0 Å². The van der Waals surface area contributed by atoms with Crippen LogP contribution in [0.4, 0.5) is 5.69 Å². The molecule has 2 rings (SSSR count). The molecule has 0 heterocycles. The number of benzene rings is 2. The maximum atomic E-state index is 3.20. The van der Waals surface area contributed by atoms with Crippen molar-refractivity contribution in [2.24, 2.45) is 0 Å². The first-order chi connectivity index (χ1) is 9.74. The molecular formula is C18H24N2. The van der Waals surface area contributed by atoms with Gasteiger partial charge >= 0.3 is 0 Å². The number of aryl methyl sites for hydroxylation is 1. The SMILES string of the molecule is CCN(Cc1ccccc1)c1ccc(CNC)cc1C. The molecule has 1 N–H and O–H groups in total. The smallest absolute Gasteiger partial charge is 0.0429 e. The Kier molecular flexibility index (Phi) is 5.19. The van der Waals surface area contributed by atoms with Gasteiger partial charge in [-0.1, -0.05) is 42.5 Å². The lowest BCUT2D eigenvalue weighted by atomic mass is 10.1. The highest BCUT2D eigenvalue weighted by Crippen LogP contribution is 2.23. The lowest BCUT2D eigenvalue weighted by Gasteiger charge is -2.25. The molecule has 0 spiro atoms. The summed E-state index contributed by atoms with van der Waals surface area (Å²) < 4.78 is 0. The van der Waals surface area contributed by atoms with Crippen molar-refractivity contribution in [2.75, 3.05) is 18.5 Å². The van der Waals surface area contributed by atoms with Crippen molar-refractivity contribution in [3.8, 4) is 0 Å². The number of rotatable bonds is 6. The summed E-state index contributed by atoms with van der Waals surface area (Å²) in [6.07, 6.45) is 0. The van der Waals surface area contributed by atoms with Crippen LogP contribution >= 0.6 is 0 Å². The zero-order valence-electron chi connectivity index (χ0n) is 12.7. The molecule has 0 amide bonds. The van der Waals surface area contributed by atoms with E-state index in [-0.39, 0.29) is 0 Å². The Hall–Kier alpha value is -1.80. The second kappa shape index (κ2) is 7.11. The summed E-state index contributed by atoms with van der Waals surface area (Å²) in [5.41, 5.74) is 5.37. The Bertz CT molecular complexity index is 534. The van der Waals surface area contributed by atoms with E-state index in [1.165, 1.54) is 22.4 Å². The van der Waals surface area contributed by atoms with E-state index in [0.717, 1.165) is 19.6 Å². The highest BCUT2D eigenvalue weighted by Gasteiger charge is 2.08. The van der Waals surface area contributed by atoms with E-state index >= 15 is 0 Å². The number of anilines is 1. The average Bonchev–Trinajstić information content (AvgIpc) is 2.47. The largest absolute Gasteiger partial charge is 0.367 e. The van der Waals surface area contributed by atoms with Gasteiger partial charge < -0.3 is 10.2 Å². The second-order valence-electron chi connectivity index (χ2n) is 5.15. The molecule has 0 unspecified atom stereocenters. The van der Waals surface area contributed by atoms with E-state index in [4.69, 9.17) is 0 Å². The quantitative estimate of drug-likeness (QED) is 0.858. The maximum absolute atomic E-state index is 3.20. The minimum Gasteiger partial charge on any atom is -0.367 e. The molecule has 0 saturated heterocycles. The zero-order chi connectivity index (χ0) is 14.4. The molecule has 0 saturated carbocycles. The van der Waals surface area contributed by atoms with Gasteiger partial charge in [0, 0.05) is 25.3 Å². The predicted octanol–water partition coefficient (Wildman–Crippen LogP) is 3.74. The monoisotopic (exact) mass is 268 g/mol. The Labute approximate surface area is 122 Å². The van der Waals surface area contributed by atoms with Crippen LogP contribution in [-0.2, 0) is 13.1 Å². The lowest BCUT2D eigenvalue weighted by molar-refractivity contribution is 0.809. The van der Waals surface area contributed by atoms with Crippen LogP contribution in [0.2, 0.25) is 0 Å². The zero-order valence-corrected chi connectivity index (χ0v) is 12.7. The first-order valence-electron chi connectivity index (χ1n) is 7.27. The van der Waals surface area contributed by atoms with Crippen LogP contribution in [0, 0.1) is 6.92 Å². The molecule has 106 valence electrons. The molecule has 20 heavy (non-hydrogen) atoms. The summed E-state index contributed by atoms with van der Waals surface area (Å²) in [4.78, 5) is 2.42. The summed E-state index contributed by atoms with van der Waals surface area (Å²) in [5, 5.41) is 3.20. The van der Waals surface area contributed by atoms with Crippen LogP contribution in [0.1, 0.15) is 23.6 Å². The van der Waals surface area contributed by atoms with Gasteiger partial charge in [0.2, 0.25) is 0 Å². The van der Waals surface area contributed by atoms with Gasteiger partial charge in [-0.25, -0.2) is 0 Å². The van der Waals surface area contributed by atoms with Crippen LogP contribution < -0.4 is 10.2 Å². The number of hydrogen-bond acceptors (Lipinski definition) is 2. The molecule has 0 radical (unpaired) electrons. The second-order valence-corrected chi connectivity index (χ2v) is 5.15. The Morgan fingerprint density at radius 2 is 1.75 bits per heavy atom. The highest BCUT2D eigenvalue weighted by atomic mass is 15.1. The maximum Gasteiger partial charge on any atom is 0.0429 e. The van der Waals surface area contributed by atoms with Gasteiger partial charge in [0.25, 0.3) is 0 Å². The molecular weight excluding hydrogens is 244 g/mol. The molecule has 2 aromatic carbocycles. The van der Waals surface area contributed by atoms with Gasteiger partial charge in [-0.3, -0.25) is 0 Å². The fourth-order valence-corrected chi connectivity index (χ4v) is 2.56. The fourth-order valence-electron chi connectivity index (χ4n) is 2.56. The summed E-state index contributed by atoms with van der Waals surface area (Å²) in [5.74, 6) is 0. The first kappa shape index (κ1) is 14.6. The molecule has 0 fully saturated rings. The van der Waals surface area contributed by atoms with E-state index in [9.17, 15) is 0 Å². The van der Waals surface area contributed by atoms with Crippen LogP contribution in [0.5, 0.6) is 0 Å². The number of hydrogen-bond donors (Lipinski definition) is 1. The standard InChI is InChI=1S/C18H24N2/c1-4-20(14-16-8-6-5-7-9-16)18-11-10-17(13-19-3)12-15(18)2/h5-12,19H,4,13-14H2,1-3H3. The predicted molar refractivity (Wildman–Crippen MR) is 87.1 cm³/mol. The minimum atomic E-state index is 0.923. The molecule has 0 aliphatic rings. The average molecular weight is 268 g/mol. The molecule has 0 aliphatic carbocycles. The van der Waals surface area contributed by atoms with E-state index in [2.05, 4.69) is 72.6 Å². The summed E-state index contributed by atoms with van der Waals surface area (Å²) >= 11 is 0. The van der Waals surface area contributed by atoms with Crippen molar-refractivity contribution >= 4 is 5.69 Å². The van der Waals surface area contributed by atoms with Crippen LogP contribution in [-0.4, -0.2) is 13.6 Å². The highest BCUT2D eigenvalue weighted by molar-refractivity contribution is 5.54. The Morgan fingerprint density at radius 3 is 2.35 bits per heavy atom. The molecule has 0 aromatic heterocycles. The van der Waals surface area contributed by atoms with E-state index in [1.54, 1.807) is 0 Å². The van der Waals surface area contributed by atoms with Crippen LogP contribution in [0.3, 0.4) is 0 Å². The molecule has 0 atom stereocenters. The van der Waals surface area contributed by atoms with Gasteiger partial charge in [0.15, 0.2) is 0 Å². The fraction of sp³-hybridized carbons (Fsp3) is 0.333. The molecule has 0 aliphatic heterocycles. The summed E-state index contributed by atoms with van der Waals surface area (Å²) in [6.45, 7) is 7.31. The van der Waals surface area contributed by atoms with E-state index < -0.39 is 0 Å². The number of nitrogens with zero attached hydrogens (tertiary/aromatic N) is 1. The van der Waals surface area contributed by atoms with Crippen molar-refractivity contribution in [1.29, 1.82) is 0 Å². The molecule has 2 heteroatoms. The van der Waals surface area contributed by atoms with Crippen LogP contribution in [0.15, 0.2) is 48.5 Å². The minimum absolute atomic E-state index is 0.923. The molecule has 0 bridgehead atoms. The van der Waals surface area contributed by atoms with Gasteiger partial charge in [-0.15, -0.1) is 0 Å². The summed E-state index contributed by atoms with van der Waals surface area (Å²) in [6, 6.07) is 17.4. The lowest BCUT2D eigenvalue weighted by Crippen LogP contribution is -2.23. The Morgan fingerprint density at radius 1 is 1.00 bits per heavy atom. The normalized spacial score (nSPS) is 10.6. The summed E-state index contributed by atoms with van der Waals surface area (Å²) in [7, 11) is 1.98. The first-order valence-corrected chi connectivity index (χ1v) is 7.27. The number of nitrogens with one attached hydrogen (secondary N) is 1. The van der Waals surface area contributed by atoms with Crippen molar-refractivity contribution in [3.05, 3.63) is 65.2 Å². The van der Waals surface area contributed by atoms with E-state index in [1.807, 2.05) is 7.05 Å². The third-order valence-corrected chi connectivity index (χ3v) is 3.58. The van der Waals surface area contributed by atoms with Crippen molar-refractivity contribution in [3.63, 3.8) is 0 Å². The van der Waals surface area contributed by atoms with Gasteiger partial charge in [-0.2, -0.15) is 0 Å². The third kappa shape index (κ3) is 3.61. The van der Waals surface area contributed by atoms with Gasteiger partial charge in [0.05, 0.1) is 0 Å². The van der Waals surface area contributed by atoms with Crippen molar-refractivity contribution in [2.45, 2.75) is 26.9 Å². The van der Waals surface area contributed by atoms with Gasteiger partial charge in [0.1, 0.15) is 0 Å². The Balaban J connectivity index is 2.19. The van der Waals surface area contributed by atoms with Gasteiger partial charge in [-0.05, 0) is 43.7 Å². The third-order valence-electron chi connectivity index (χ3n) is 3.58. The van der Waals surface area contributed by atoms with Crippen molar-refractivity contribution in [1.82, 2.24) is 5.32 Å². The molecule has 2 nitrogen and oxygen atoms in total.